The van der Waals surface area contributed by atoms with E-state index in [2.05, 4.69) is 17.0 Å². The van der Waals surface area contributed by atoms with Crippen LogP contribution >= 0.6 is 0 Å². The summed E-state index contributed by atoms with van der Waals surface area (Å²) in [6.45, 7) is 2.06. The first-order valence-corrected chi connectivity index (χ1v) is 6.69. The first kappa shape index (κ1) is 12.9. The van der Waals surface area contributed by atoms with Crippen molar-refractivity contribution in [3.8, 4) is 5.75 Å². The highest BCUT2D eigenvalue weighted by atomic mass is 16.5. The molecule has 4 heteroatoms. The fraction of sp³-hybridized carbons (Fsp3) is 0.312. The van der Waals surface area contributed by atoms with Crippen molar-refractivity contribution in [2.24, 2.45) is 5.92 Å². The van der Waals surface area contributed by atoms with Crippen LogP contribution in [0.4, 0.5) is 0 Å². The Balaban J connectivity index is 1.84. The smallest absolute Gasteiger partial charge is 0.309 e. The summed E-state index contributed by atoms with van der Waals surface area (Å²) in [6, 6.07) is 12.2. The number of methoxy groups -OCH3 is 1. The predicted octanol–water partition coefficient (Wildman–Crippen LogP) is 2.36. The fourth-order valence-corrected chi connectivity index (χ4v) is 2.75. The number of rotatable bonds is 4. The van der Waals surface area contributed by atoms with Crippen LogP contribution in [0.2, 0.25) is 0 Å². The molecule has 3 rings (SSSR count). The average Bonchev–Trinajstić information content (AvgIpc) is 2.41. The zero-order chi connectivity index (χ0) is 14.1. The first-order chi connectivity index (χ1) is 9.69. The molecule has 0 aromatic heterocycles. The maximum atomic E-state index is 10.8. The Bertz CT molecular complexity index is 647. The van der Waals surface area contributed by atoms with E-state index >= 15 is 0 Å². The molecule has 20 heavy (non-hydrogen) atoms. The molecule has 0 radical (unpaired) electrons. The monoisotopic (exact) mass is 271 g/mol. The van der Waals surface area contributed by atoms with Crippen molar-refractivity contribution in [3.63, 3.8) is 0 Å². The number of ether oxygens (including phenoxy) is 1. The largest absolute Gasteiger partial charge is 0.496 e. The summed E-state index contributed by atoms with van der Waals surface area (Å²) >= 11 is 0. The number of carboxylic acids is 1. The molecule has 0 unspecified atom stereocenters. The van der Waals surface area contributed by atoms with E-state index in [9.17, 15) is 4.79 Å². The van der Waals surface area contributed by atoms with Crippen molar-refractivity contribution in [1.29, 1.82) is 0 Å². The van der Waals surface area contributed by atoms with Crippen molar-refractivity contribution in [3.05, 3.63) is 42.0 Å². The molecule has 0 spiro atoms. The molecule has 2 aromatic carbocycles. The zero-order valence-corrected chi connectivity index (χ0v) is 11.4. The topological polar surface area (TPSA) is 49.8 Å². The van der Waals surface area contributed by atoms with Crippen molar-refractivity contribution < 1.29 is 14.6 Å². The van der Waals surface area contributed by atoms with Crippen LogP contribution in [-0.4, -0.2) is 36.2 Å². The van der Waals surface area contributed by atoms with Gasteiger partial charge in [0.2, 0.25) is 0 Å². The van der Waals surface area contributed by atoms with E-state index in [4.69, 9.17) is 9.84 Å². The number of carbonyl (C=O) groups is 1. The van der Waals surface area contributed by atoms with Gasteiger partial charge in [-0.3, -0.25) is 9.69 Å². The number of hydrogen-bond donors (Lipinski definition) is 1. The van der Waals surface area contributed by atoms with Gasteiger partial charge in [0, 0.05) is 25.0 Å². The van der Waals surface area contributed by atoms with Crippen molar-refractivity contribution in [2.75, 3.05) is 20.2 Å². The van der Waals surface area contributed by atoms with Crippen LogP contribution < -0.4 is 4.74 Å². The second-order valence-electron chi connectivity index (χ2n) is 5.20. The maximum absolute atomic E-state index is 10.8. The summed E-state index contributed by atoms with van der Waals surface area (Å²) < 4.78 is 5.38. The lowest BCUT2D eigenvalue weighted by molar-refractivity contribution is -0.147. The average molecular weight is 271 g/mol. The van der Waals surface area contributed by atoms with E-state index in [0.717, 1.165) is 17.7 Å². The molecule has 0 bridgehead atoms. The van der Waals surface area contributed by atoms with E-state index in [0.29, 0.717) is 13.1 Å². The van der Waals surface area contributed by atoms with Gasteiger partial charge >= 0.3 is 5.97 Å². The summed E-state index contributed by atoms with van der Waals surface area (Å²) in [4.78, 5) is 13.0. The van der Waals surface area contributed by atoms with Gasteiger partial charge < -0.3 is 9.84 Å². The van der Waals surface area contributed by atoms with Gasteiger partial charge in [0.15, 0.2) is 0 Å². The van der Waals surface area contributed by atoms with Crippen LogP contribution in [0.5, 0.6) is 5.75 Å². The summed E-state index contributed by atoms with van der Waals surface area (Å²) in [5, 5.41) is 11.2. The Kier molecular flexibility index (Phi) is 3.32. The third-order valence-electron chi connectivity index (χ3n) is 3.89. The molecular formula is C16H17NO3. The molecule has 0 saturated carbocycles. The molecule has 0 amide bonds. The molecule has 4 nitrogen and oxygen atoms in total. The number of fused-ring (bicyclic) bond motifs is 1. The maximum Gasteiger partial charge on any atom is 0.309 e. The molecule has 2 aromatic rings. The van der Waals surface area contributed by atoms with Crippen molar-refractivity contribution in [2.45, 2.75) is 6.54 Å². The van der Waals surface area contributed by atoms with Crippen LogP contribution in [0.25, 0.3) is 10.8 Å². The third kappa shape index (κ3) is 2.23. The van der Waals surface area contributed by atoms with Gasteiger partial charge in [-0.25, -0.2) is 0 Å². The minimum absolute atomic E-state index is 0.209. The molecule has 1 fully saturated rings. The molecule has 1 heterocycles. The molecular weight excluding hydrogens is 254 g/mol. The van der Waals surface area contributed by atoms with Gasteiger partial charge in [0.1, 0.15) is 5.75 Å². The van der Waals surface area contributed by atoms with E-state index in [1.165, 1.54) is 10.9 Å². The Morgan fingerprint density at radius 2 is 1.95 bits per heavy atom. The van der Waals surface area contributed by atoms with Crippen LogP contribution in [0, 0.1) is 5.92 Å². The Morgan fingerprint density at radius 3 is 2.60 bits per heavy atom. The lowest BCUT2D eigenvalue weighted by Crippen LogP contribution is -2.49. The van der Waals surface area contributed by atoms with Crippen molar-refractivity contribution in [1.82, 2.24) is 4.90 Å². The molecule has 1 aliphatic rings. The quantitative estimate of drug-likeness (QED) is 0.927. The highest BCUT2D eigenvalue weighted by Crippen LogP contribution is 2.30. The fourth-order valence-electron chi connectivity index (χ4n) is 2.75. The molecule has 0 aliphatic carbocycles. The molecule has 104 valence electrons. The third-order valence-corrected chi connectivity index (χ3v) is 3.89. The highest BCUT2D eigenvalue weighted by Gasteiger charge is 2.32. The lowest BCUT2D eigenvalue weighted by Gasteiger charge is -2.36. The van der Waals surface area contributed by atoms with Gasteiger partial charge in [-0.05, 0) is 17.0 Å². The molecule has 0 atom stereocenters. The second kappa shape index (κ2) is 5.13. The van der Waals surface area contributed by atoms with E-state index in [1.807, 2.05) is 24.3 Å². The molecule has 1 aliphatic heterocycles. The Hall–Kier alpha value is -2.07. The SMILES string of the molecule is COc1ccc(CN2CC(C(=O)O)C2)c2ccccc12. The van der Waals surface area contributed by atoms with Gasteiger partial charge in [-0.1, -0.05) is 30.3 Å². The van der Waals surface area contributed by atoms with E-state index < -0.39 is 5.97 Å². The van der Waals surface area contributed by atoms with E-state index in [-0.39, 0.29) is 5.92 Å². The summed E-state index contributed by atoms with van der Waals surface area (Å²) in [5.41, 5.74) is 1.21. The Morgan fingerprint density at radius 1 is 1.25 bits per heavy atom. The molecule has 1 saturated heterocycles. The second-order valence-corrected chi connectivity index (χ2v) is 5.20. The van der Waals surface area contributed by atoms with Crippen LogP contribution in [-0.2, 0) is 11.3 Å². The summed E-state index contributed by atoms with van der Waals surface area (Å²) in [7, 11) is 1.67. The molecule has 1 N–H and O–H groups in total. The van der Waals surface area contributed by atoms with Gasteiger partial charge in [0.05, 0.1) is 13.0 Å². The van der Waals surface area contributed by atoms with Crippen molar-refractivity contribution >= 4 is 16.7 Å². The van der Waals surface area contributed by atoms with Gasteiger partial charge in [-0.2, -0.15) is 0 Å². The number of nitrogens with zero attached hydrogens (tertiary/aromatic N) is 1. The van der Waals surface area contributed by atoms with Gasteiger partial charge in [-0.15, -0.1) is 0 Å². The first-order valence-electron chi connectivity index (χ1n) is 6.69. The number of benzene rings is 2. The number of hydrogen-bond acceptors (Lipinski definition) is 3. The predicted molar refractivity (Wildman–Crippen MR) is 76.9 cm³/mol. The zero-order valence-electron chi connectivity index (χ0n) is 11.4. The summed E-state index contributed by atoms with van der Waals surface area (Å²) in [5.74, 6) is -0.0308. The van der Waals surface area contributed by atoms with Crippen LogP contribution in [0.3, 0.4) is 0 Å². The number of carboxylic acid groups (broad SMARTS) is 1. The highest BCUT2D eigenvalue weighted by molar-refractivity contribution is 5.91. The van der Waals surface area contributed by atoms with Gasteiger partial charge in [0.25, 0.3) is 0 Å². The minimum atomic E-state index is -0.694. The lowest BCUT2D eigenvalue weighted by atomic mass is 9.97. The number of likely N-dealkylation sites (tertiary alicyclic amines) is 1. The van der Waals surface area contributed by atoms with Crippen LogP contribution in [0.15, 0.2) is 36.4 Å². The number of aliphatic carboxylic acids is 1. The normalized spacial score (nSPS) is 16.1. The summed E-state index contributed by atoms with van der Waals surface area (Å²) in [6.07, 6.45) is 0. The van der Waals surface area contributed by atoms with E-state index in [1.54, 1.807) is 7.11 Å². The standard InChI is InChI=1S/C16H17NO3/c1-20-15-7-6-11(13-4-2-3-5-14(13)15)8-17-9-12(10-17)16(18)19/h2-7,12H,8-10H2,1H3,(H,18,19). The van der Waals surface area contributed by atoms with Crippen LogP contribution in [0.1, 0.15) is 5.56 Å². The minimum Gasteiger partial charge on any atom is -0.496 e. The Labute approximate surface area is 117 Å².